The molecule has 1 saturated heterocycles. The van der Waals surface area contributed by atoms with Gasteiger partial charge in [0, 0.05) is 30.6 Å². The predicted molar refractivity (Wildman–Crippen MR) is 71.5 cm³/mol. The first-order valence-corrected chi connectivity index (χ1v) is 7.95. The van der Waals surface area contributed by atoms with Crippen molar-refractivity contribution in [3.63, 3.8) is 0 Å². The summed E-state index contributed by atoms with van der Waals surface area (Å²) in [4.78, 5) is 13.3. The smallest absolute Gasteiger partial charge is 0.304 e. The van der Waals surface area contributed by atoms with E-state index in [4.69, 9.17) is 5.11 Å². The number of nitrogens with zero attached hydrogens (tertiary/aromatic N) is 1. The van der Waals surface area contributed by atoms with Gasteiger partial charge in [0.15, 0.2) is 0 Å². The minimum atomic E-state index is -0.647. The van der Waals surface area contributed by atoms with Crippen LogP contribution in [-0.4, -0.2) is 46.6 Å². The molecule has 2 rings (SSSR count). The third-order valence-corrected chi connectivity index (χ3v) is 5.07. The second-order valence-corrected chi connectivity index (χ2v) is 6.48. The Kier molecular flexibility index (Phi) is 5.16. The monoisotopic (exact) mass is 257 g/mol. The normalized spacial score (nSPS) is 28.1. The summed E-state index contributed by atoms with van der Waals surface area (Å²) in [5.41, 5.74) is 0. The Balaban J connectivity index is 1.84. The Bertz CT molecular complexity index is 254. The van der Waals surface area contributed by atoms with E-state index >= 15 is 0 Å². The highest BCUT2D eigenvalue weighted by atomic mass is 32.2. The molecule has 4 heteroatoms. The summed E-state index contributed by atoms with van der Waals surface area (Å²) in [5.74, 6) is 2.34. The van der Waals surface area contributed by atoms with Crippen LogP contribution in [0.15, 0.2) is 0 Å². The van der Waals surface area contributed by atoms with Crippen molar-refractivity contribution in [3.05, 3.63) is 0 Å². The molecule has 0 amide bonds. The molecule has 98 valence electrons. The third kappa shape index (κ3) is 4.18. The molecule has 1 N–H and O–H groups in total. The summed E-state index contributed by atoms with van der Waals surface area (Å²) < 4.78 is 0. The van der Waals surface area contributed by atoms with Crippen LogP contribution in [0.4, 0.5) is 0 Å². The van der Waals surface area contributed by atoms with Gasteiger partial charge < -0.3 is 5.11 Å². The van der Waals surface area contributed by atoms with Gasteiger partial charge in [-0.3, -0.25) is 9.69 Å². The zero-order valence-electron chi connectivity index (χ0n) is 10.4. The van der Waals surface area contributed by atoms with Gasteiger partial charge in [0.1, 0.15) is 0 Å². The first kappa shape index (κ1) is 13.2. The first-order valence-electron chi connectivity index (χ1n) is 6.79. The average molecular weight is 257 g/mol. The van der Waals surface area contributed by atoms with Gasteiger partial charge in [-0.15, -0.1) is 0 Å². The van der Waals surface area contributed by atoms with Gasteiger partial charge in [0.2, 0.25) is 0 Å². The number of aliphatic carboxylic acids is 1. The van der Waals surface area contributed by atoms with Crippen molar-refractivity contribution in [1.29, 1.82) is 0 Å². The van der Waals surface area contributed by atoms with Crippen LogP contribution in [0.3, 0.4) is 0 Å². The number of carbonyl (C=O) groups is 1. The fraction of sp³-hybridized carbons (Fsp3) is 0.923. The van der Waals surface area contributed by atoms with Crippen LogP contribution in [0.25, 0.3) is 0 Å². The molecule has 1 aliphatic heterocycles. The Hall–Kier alpha value is -0.220. The van der Waals surface area contributed by atoms with Crippen molar-refractivity contribution >= 4 is 17.7 Å². The molecule has 1 aliphatic carbocycles. The van der Waals surface area contributed by atoms with E-state index in [0.717, 1.165) is 24.8 Å². The summed E-state index contributed by atoms with van der Waals surface area (Å²) in [6.45, 7) is 2.22. The van der Waals surface area contributed by atoms with Crippen molar-refractivity contribution in [2.75, 3.05) is 24.6 Å². The minimum absolute atomic E-state index is 0.271. The largest absolute Gasteiger partial charge is 0.481 e. The molecule has 0 bridgehead atoms. The van der Waals surface area contributed by atoms with Gasteiger partial charge >= 0.3 is 5.97 Å². The fourth-order valence-electron chi connectivity index (χ4n) is 3.02. The molecule has 0 radical (unpaired) electrons. The molecule has 2 aliphatic rings. The third-order valence-electron chi connectivity index (χ3n) is 3.98. The Morgan fingerprint density at radius 3 is 2.76 bits per heavy atom. The SMILES string of the molecule is O=C(O)CC1CSCCN1CC1CCCCC1. The zero-order chi connectivity index (χ0) is 12.1. The van der Waals surface area contributed by atoms with E-state index in [-0.39, 0.29) is 6.04 Å². The standard InChI is InChI=1S/C13H23NO2S/c15-13(16)8-12-10-17-7-6-14(12)9-11-4-2-1-3-5-11/h11-12H,1-10H2,(H,15,16). The molecule has 1 unspecified atom stereocenters. The lowest BCUT2D eigenvalue weighted by Gasteiger charge is -2.37. The van der Waals surface area contributed by atoms with Gasteiger partial charge in [-0.1, -0.05) is 19.3 Å². The fourth-order valence-corrected chi connectivity index (χ4v) is 4.15. The molecule has 0 spiro atoms. The molecule has 17 heavy (non-hydrogen) atoms. The van der Waals surface area contributed by atoms with Crippen molar-refractivity contribution in [2.45, 2.75) is 44.6 Å². The van der Waals surface area contributed by atoms with E-state index in [1.807, 2.05) is 11.8 Å². The van der Waals surface area contributed by atoms with Gasteiger partial charge in [0.25, 0.3) is 0 Å². The summed E-state index contributed by atoms with van der Waals surface area (Å²) >= 11 is 1.91. The van der Waals surface area contributed by atoms with Gasteiger partial charge in [-0.05, 0) is 18.8 Å². The summed E-state index contributed by atoms with van der Waals surface area (Å²) in [7, 11) is 0. The molecule has 0 aromatic heterocycles. The zero-order valence-corrected chi connectivity index (χ0v) is 11.3. The predicted octanol–water partition coefficient (Wildman–Crippen LogP) is 2.46. The van der Waals surface area contributed by atoms with E-state index < -0.39 is 5.97 Å². The van der Waals surface area contributed by atoms with Crippen molar-refractivity contribution in [1.82, 2.24) is 4.90 Å². The molecule has 0 aromatic carbocycles. The highest BCUT2D eigenvalue weighted by Gasteiger charge is 2.27. The average Bonchev–Trinajstić information content (AvgIpc) is 2.32. The lowest BCUT2D eigenvalue weighted by atomic mass is 9.88. The van der Waals surface area contributed by atoms with Gasteiger partial charge in [0.05, 0.1) is 6.42 Å². The number of carboxylic acids is 1. The number of thioether (sulfide) groups is 1. The lowest BCUT2D eigenvalue weighted by molar-refractivity contribution is -0.138. The van der Waals surface area contributed by atoms with E-state index in [2.05, 4.69) is 4.90 Å². The number of rotatable bonds is 4. The molecular formula is C13H23NO2S. The molecule has 1 saturated carbocycles. The molecule has 2 fully saturated rings. The molecule has 0 aromatic rings. The van der Waals surface area contributed by atoms with Gasteiger partial charge in [-0.25, -0.2) is 0 Å². The van der Waals surface area contributed by atoms with Crippen molar-refractivity contribution in [3.8, 4) is 0 Å². The van der Waals surface area contributed by atoms with Crippen molar-refractivity contribution in [2.24, 2.45) is 5.92 Å². The summed E-state index contributed by atoms with van der Waals surface area (Å²) in [6, 6.07) is 0.271. The van der Waals surface area contributed by atoms with Crippen LogP contribution in [0.1, 0.15) is 38.5 Å². The highest BCUT2D eigenvalue weighted by Crippen LogP contribution is 2.27. The Labute approximate surface area is 108 Å². The van der Waals surface area contributed by atoms with Crippen molar-refractivity contribution < 1.29 is 9.90 Å². The summed E-state index contributed by atoms with van der Waals surface area (Å²) in [5, 5.41) is 8.95. The second-order valence-electron chi connectivity index (χ2n) is 5.33. The topological polar surface area (TPSA) is 40.5 Å². The second kappa shape index (κ2) is 6.64. The van der Waals surface area contributed by atoms with Crippen LogP contribution >= 0.6 is 11.8 Å². The van der Waals surface area contributed by atoms with E-state index in [1.165, 1.54) is 37.9 Å². The van der Waals surface area contributed by atoms with E-state index in [9.17, 15) is 4.79 Å². The quantitative estimate of drug-likeness (QED) is 0.840. The van der Waals surface area contributed by atoms with Crippen LogP contribution in [0.5, 0.6) is 0 Å². The first-order chi connectivity index (χ1) is 8.25. The molecule has 3 nitrogen and oxygen atoms in total. The van der Waals surface area contributed by atoms with E-state index in [1.54, 1.807) is 0 Å². The van der Waals surface area contributed by atoms with Gasteiger partial charge in [-0.2, -0.15) is 11.8 Å². The Morgan fingerprint density at radius 1 is 1.29 bits per heavy atom. The maximum atomic E-state index is 10.9. The van der Waals surface area contributed by atoms with Crippen LogP contribution in [-0.2, 0) is 4.79 Å². The van der Waals surface area contributed by atoms with Crippen LogP contribution in [0.2, 0.25) is 0 Å². The highest BCUT2D eigenvalue weighted by molar-refractivity contribution is 7.99. The minimum Gasteiger partial charge on any atom is -0.481 e. The van der Waals surface area contributed by atoms with Crippen LogP contribution < -0.4 is 0 Å². The maximum Gasteiger partial charge on any atom is 0.304 e. The van der Waals surface area contributed by atoms with Crippen LogP contribution in [0, 0.1) is 5.92 Å². The number of carboxylic acid groups (broad SMARTS) is 1. The molecule has 1 heterocycles. The summed E-state index contributed by atoms with van der Waals surface area (Å²) in [6.07, 6.45) is 7.16. The number of hydrogen-bond acceptors (Lipinski definition) is 3. The maximum absolute atomic E-state index is 10.9. The molecular weight excluding hydrogens is 234 g/mol. The molecule has 1 atom stereocenters. The Morgan fingerprint density at radius 2 is 2.06 bits per heavy atom. The number of hydrogen-bond donors (Lipinski definition) is 1. The van der Waals surface area contributed by atoms with E-state index in [0.29, 0.717) is 6.42 Å². The lowest BCUT2D eigenvalue weighted by Crippen LogP contribution is -2.46.